The van der Waals surface area contributed by atoms with Gasteiger partial charge >= 0.3 is 0 Å². The van der Waals surface area contributed by atoms with Crippen molar-refractivity contribution in [2.45, 2.75) is 25.6 Å². The number of ether oxygens (including phenoxy) is 1. The summed E-state index contributed by atoms with van der Waals surface area (Å²) < 4.78 is 4.97. The average molecular weight is 266 g/mol. The Morgan fingerprint density at radius 1 is 1.43 bits per heavy atom. The van der Waals surface area contributed by atoms with Crippen LogP contribution in [0.2, 0.25) is 0 Å². The lowest BCUT2D eigenvalue weighted by Crippen LogP contribution is -2.40. The maximum Gasteiger partial charge on any atom is 0.236 e. The second-order valence-corrected chi connectivity index (χ2v) is 5.16. The van der Waals surface area contributed by atoms with Gasteiger partial charge in [-0.1, -0.05) is 29.8 Å². The number of carbonyl (C=O) groups excluding carboxylic acids is 1. The SMILES string of the molecule is COCCN(CC(C)C)C(=O)C(C)Br. The van der Waals surface area contributed by atoms with Crippen LogP contribution < -0.4 is 0 Å². The van der Waals surface area contributed by atoms with Gasteiger partial charge in [0.2, 0.25) is 5.91 Å². The van der Waals surface area contributed by atoms with E-state index in [2.05, 4.69) is 29.8 Å². The van der Waals surface area contributed by atoms with E-state index in [1.165, 1.54) is 0 Å². The van der Waals surface area contributed by atoms with Gasteiger partial charge in [0, 0.05) is 20.2 Å². The second-order valence-electron chi connectivity index (χ2n) is 3.79. The summed E-state index contributed by atoms with van der Waals surface area (Å²) in [4.78, 5) is 13.4. The summed E-state index contributed by atoms with van der Waals surface area (Å²) in [5.41, 5.74) is 0. The van der Waals surface area contributed by atoms with Gasteiger partial charge in [-0.05, 0) is 12.8 Å². The number of carbonyl (C=O) groups is 1. The van der Waals surface area contributed by atoms with Crippen molar-refractivity contribution in [3.8, 4) is 0 Å². The third-order valence-corrected chi connectivity index (χ3v) is 2.19. The largest absolute Gasteiger partial charge is 0.383 e. The first-order chi connectivity index (χ1) is 6.49. The lowest BCUT2D eigenvalue weighted by molar-refractivity contribution is -0.131. The molecule has 0 aromatic carbocycles. The molecule has 1 unspecified atom stereocenters. The van der Waals surface area contributed by atoms with Crippen LogP contribution in [0.15, 0.2) is 0 Å². The van der Waals surface area contributed by atoms with Crippen molar-refractivity contribution in [3.05, 3.63) is 0 Å². The third kappa shape index (κ3) is 5.60. The van der Waals surface area contributed by atoms with Crippen molar-refractivity contribution in [2.75, 3.05) is 26.8 Å². The Labute approximate surface area is 94.9 Å². The smallest absolute Gasteiger partial charge is 0.236 e. The summed E-state index contributed by atoms with van der Waals surface area (Å²) in [6, 6.07) is 0. The molecule has 0 spiro atoms. The topological polar surface area (TPSA) is 29.5 Å². The van der Waals surface area contributed by atoms with Crippen LogP contribution in [0.1, 0.15) is 20.8 Å². The first-order valence-electron chi connectivity index (χ1n) is 4.90. The maximum absolute atomic E-state index is 11.7. The van der Waals surface area contributed by atoms with E-state index in [4.69, 9.17) is 4.74 Å². The fraction of sp³-hybridized carbons (Fsp3) is 0.900. The van der Waals surface area contributed by atoms with Crippen LogP contribution in [0.3, 0.4) is 0 Å². The van der Waals surface area contributed by atoms with E-state index < -0.39 is 0 Å². The number of rotatable bonds is 6. The molecule has 14 heavy (non-hydrogen) atoms. The van der Waals surface area contributed by atoms with Gasteiger partial charge in [-0.25, -0.2) is 0 Å². The minimum absolute atomic E-state index is 0.113. The van der Waals surface area contributed by atoms with Crippen molar-refractivity contribution in [3.63, 3.8) is 0 Å². The Bertz CT molecular complexity index is 172. The molecule has 0 rings (SSSR count). The molecule has 0 aliphatic heterocycles. The molecule has 1 atom stereocenters. The number of nitrogens with zero attached hydrogens (tertiary/aromatic N) is 1. The highest BCUT2D eigenvalue weighted by atomic mass is 79.9. The highest BCUT2D eigenvalue weighted by Gasteiger charge is 2.18. The molecule has 0 heterocycles. The maximum atomic E-state index is 11.7. The molecule has 0 aliphatic carbocycles. The van der Waals surface area contributed by atoms with E-state index in [9.17, 15) is 4.79 Å². The third-order valence-electron chi connectivity index (χ3n) is 1.80. The molecule has 0 fully saturated rings. The molecule has 3 nitrogen and oxygen atoms in total. The monoisotopic (exact) mass is 265 g/mol. The average Bonchev–Trinajstić information content (AvgIpc) is 2.10. The standard InChI is InChI=1S/C10H20BrNO2/c1-8(2)7-12(5-6-14-4)10(13)9(3)11/h8-9H,5-7H2,1-4H3. The summed E-state index contributed by atoms with van der Waals surface area (Å²) >= 11 is 3.29. The number of hydrogen-bond acceptors (Lipinski definition) is 2. The van der Waals surface area contributed by atoms with Crippen molar-refractivity contribution < 1.29 is 9.53 Å². The molecule has 0 aliphatic rings. The van der Waals surface area contributed by atoms with Crippen LogP contribution in [0.25, 0.3) is 0 Å². The molecule has 0 aromatic rings. The normalized spacial score (nSPS) is 13.0. The van der Waals surface area contributed by atoms with Crippen LogP contribution in [0.5, 0.6) is 0 Å². The van der Waals surface area contributed by atoms with Gasteiger partial charge in [0.15, 0.2) is 0 Å². The van der Waals surface area contributed by atoms with Gasteiger partial charge in [-0.2, -0.15) is 0 Å². The Balaban J connectivity index is 4.15. The van der Waals surface area contributed by atoms with E-state index in [0.29, 0.717) is 19.1 Å². The van der Waals surface area contributed by atoms with Gasteiger partial charge < -0.3 is 9.64 Å². The predicted molar refractivity (Wildman–Crippen MR) is 61.7 cm³/mol. The Hall–Kier alpha value is -0.0900. The fourth-order valence-corrected chi connectivity index (χ4v) is 1.47. The zero-order valence-corrected chi connectivity index (χ0v) is 11.0. The van der Waals surface area contributed by atoms with E-state index in [1.807, 2.05) is 11.8 Å². The molecule has 84 valence electrons. The Kier molecular flexibility index (Phi) is 7.19. The van der Waals surface area contributed by atoms with E-state index in [0.717, 1.165) is 6.54 Å². The van der Waals surface area contributed by atoms with Crippen molar-refractivity contribution >= 4 is 21.8 Å². The molecule has 1 amide bonds. The Morgan fingerprint density at radius 2 is 2.00 bits per heavy atom. The second kappa shape index (κ2) is 7.23. The van der Waals surface area contributed by atoms with E-state index >= 15 is 0 Å². The summed E-state index contributed by atoms with van der Waals surface area (Å²) in [7, 11) is 1.65. The van der Waals surface area contributed by atoms with Gasteiger partial charge in [0.05, 0.1) is 11.4 Å². The molecule has 0 N–H and O–H groups in total. The zero-order valence-electron chi connectivity index (χ0n) is 9.42. The lowest BCUT2D eigenvalue weighted by atomic mass is 10.2. The summed E-state index contributed by atoms with van der Waals surface area (Å²) in [5.74, 6) is 0.623. The van der Waals surface area contributed by atoms with Crippen molar-refractivity contribution in [1.29, 1.82) is 0 Å². The number of halogens is 1. The molecule has 0 saturated carbocycles. The number of methoxy groups -OCH3 is 1. The summed E-state index contributed by atoms with van der Waals surface area (Å²) in [6.07, 6.45) is 0. The number of hydrogen-bond donors (Lipinski definition) is 0. The highest BCUT2D eigenvalue weighted by molar-refractivity contribution is 9.10. The van der Waals surface area contributed by atoms with Crippen LogP contribution in [0.4, 0.5) is 0 Å². The lowest BCUT2D eigenvalue weighted by Gasteiger charge is -2.25. The number of alkyl halides is 1. The molecule has 4 heteroatoms. The zero-order chi connectivity index (χ0) is 11.1. The highest BCUT2D eigenvalue weighted by Crippen LogP contribution is 2.06. The van der Waals surface area contributed by atoms with Crippen molar-refractivity contribution in [2.24, 2.45) is 5.92 Å². The minimum Gasteiger partial charge on any atom is -0.383 e. The van der Waals surface area contributed by atoms with Gasteiger partial charge in [0.1, 0.15) is 0 Å². The molecular weight excluding hydrogens is 246 g/mol. The quantitative estimate of drug-likeness (QED) is 0.687. The Morgan fingerprint density at radius 3 is 2.36 bits per heavy atom. The van der Waals surface area contributed by atoms with Crippen LogP contribution >= 0.6 is 15.9 Å². The summed E-state index contributed by atoms with van der Waals surface area (Å²) in [5, 5.41) is 0. The molecular formula is C10H20BrNO2. The summed E-state index contributed by atoms with van der Waals surface area (Å²) in [6.45, 7) is 8.11. The van der Waals surface area contributed by atoms with Crippen LogP contribution in [-0.2, 0) is 9.53 Å². The molecule has 0 saturated heterocycles. The molecule has 0 bridgehead atoms. The predicted octanol–water partition coefficient (Wildman–Crippen LogP) is 1.90. The number of amides is 1. The molecule has 0 radical (unpaired) electrons. The van der Waals surface area contributed by atoms with E-state index in [1.54, 1.807) is 7.11 Å². The molecule has 0 aromatic heterocycles. The minimum atomic E-state index is -0.113. The first kappa shape index (κ1) is 13.9. The van der Waals surface area contributed by atoms with Crippen molar-refractivity contribution in [1.82, 2.24) is 4.90 Å². The van der Waals surface area contributed by atoms with Crippen LogP contribution in [0, 0.1) is 5.92 Å². The van der Waals surface area contributed by atoms with Gasteiger partial charge in [-0.3, -0.25) is 4.79 Å². The van der Waals surface area contributed by atoms with Crippen LogP contribution in [-0.4, -0.2) is 42.4 Å². The van der Waals surface area contributed by atoms with Gasteiger partial charge in [0.25, 0.3) is 0 Å². The first-order valence-corrected chi connectivity index (χ1v) is 5.82. The van der Waals surface area contributed by atoms with E-state index in [-0.39, 0.29) is 10.7 Å². The fourth-order valence-electron chi connectivity index (χ4n) is 1.19. The van der Waals surface area contributed by atoms with Gasteiger partial charge in [-0.15, -0.1) is 0 Å².